The van der Waals surface area contributed by atoms with Gasteiger partial charge in [0, 0.05) is 28.1 Å². The van der Waals surface area contributed by atoms with E-state index in [0.717, 1.165) is 16.2 Å². The van der Waals surface area contributed by atoms with Crippen molar-refractivity contribution in [3.63, 3.8) is 0 Å². The summed E-state index contributed by atoms with van der Waals surface area (Å²) in [6, 6.07) is 18.9. The van der Waals surface area contributed by atoms with Crippen molar-refractivity contribution < 1.29 is 9.59 Å². The number of hydrogen-bond acceptors (Lipinski definition) is 6. The number of nitrogens with zero attached hydrogens (tertiary/aromatic N) is 2. The molecule has 0 saturated carbocycles. The van der Waals surface area contributed by atoms with Gasteiger partial charge in [-0.2, -0.15) is 0 Å². The normalized spacial score (nSPS) is 11.2. The molecule has 3 aromatic rings. The van der Waals surface area contributed by atoms with E-state index in [9.17, 15) is 9.59 Å². The molecule has 29 heavy (non-hydrogen) atoms. The predicted octanol–water partition coefficient (Wildman–Crippen LogP) is 5.11. The van der Waals surface area contributed by atoms with Gasteiger partial charge in [0.2, 0.25) is 5.95 Å². The molecule has 0 unspecified atom stereocenters. The molecule has 0 fully saturated rings. The number of rotatable bonds is 8. The van der Waals surface area contributed by atoms with Crippen molar-refractivity contribution in [3.8, 4) is 0 Å². The standard InChI is InChI=1S/C22H18ClN3O2S/c1-15-10-20(23)26-22(25-15)24-12-18(13-27)21(28)17-7-5-6-16(11-17)14-29-19-8-3-2-4-9-19/h2-13H,14H2,1H3,(H,24,25,26). The third-order valence-corrected chi connectivity index (χ3v) is 5.18. The first-order valence-corrected chi connectivity index (χ1v) is 10.2. The molecule has 0 atom stereocenters. The number of carbonyl (C=O) groups excluding carboxylic acids is 2. The number of aldehydes is 1. The zero-order valence-electron chi connectivity index (χ0n) is 15.6. The predicted molar refractivity (Wildman–Crippen MR) is 116 cm³/mol. The molecule has 0 aliphatic rings. The zero-order chi connectivity index (χ0) is 20.6. The smallest absolute Gasteiger partial charge is 0.228 e. The minimum atomic E-state index is -0.377. The molecule has 1 aromatic heterocycles. The maximum atomic E-state index is 12.7. The second kappa shape index (κ2) is 10.0. The van der Waals surface area contributed by atoms with Crippen LogP contribution in [0.15, 0.2) is 77.3 Å². The maximum absolute atomic E-state index is 12.7. The highest BCUT2D eigenvalue weighted by Gasteiger charge is 2.13. The molecular weight excluding hydrogens is 406 g/mol. The molecule has 0 bridgehead atoms. The molecule has 0 aliphatic carbocycles. The monoisotopic (exact) mass is 423 g/mol. The van der Waals surface area contributed by atoms with Crippen LogP contribution in [-0.4, -0.2) is 22.0 Å². The Labute approximate surface area is 178 Å². The van der Waals surface area contributed by atoms with Gasteiger partial charge in [0.1, 0.15) is 5.15 Å². The van der Waals surface area contributed by atoms with Gasteiger partial charge in [-0.3, -0.25) is 9.59 Å². The van der Waals surface area contributed by atoms with E-state index in [4.69, 9.17) is 11.6 Å². The lowest BCUT2D eigenvalue weighted by molar-refractivity contribution is -0.104. The number of benzene rings is 2. The number of thioether (sulfide) groups is 1. The van der Waals surface area contributed by atoms with Gasteiger partial charge in [-0.25, -0.2) is 9.97 Å². The van der Waals surface area contributed by atoms with Crippen molar-refractivity contribution in [1.82, 2.24) is 9.97 Å². The van der Waals surface area contributed by atoms with Crippen molar-refractivity contribution in [3.05, 3.63) is 94.4 Å². The SMILES string of the molecule is Cc1cc(Cl)nc(NC=C(C=O)C(=O)c2cccc(CSc3ccccc3)c2)n1. The largest absolute Gasteiger partial charge is 0.330 e. The first-order chi connectivity index (χ1) is 14.0. The third-order valence-electron chi connectivity index (χ3n) is 3.91. The van der Waals surface area contributed by atoms with E-state index >= 15 is 0 Å². The van der Waals surface area contributed by atoms with E-state index < -0.39 is 0 Å². The van der Waals surface area contributed by atoms with Gasteiger partial charge < -0.3 is 5.32 Å². The lowest BCUT2D eigenvalue weighted by Gasteiger charge is -2.06. The van der Waals surface area contributed by atoms with Crippen LogP contribution < -0.4 is 5.32 Å². The van der Waals surface area contributed by atoms with E-state index in [1.807, 2.05) is 42.5 Å². The van der Waals surface area contributed by atoms with Crippen LogP contribution in [0, 0.1) is 6.92 Å². The van der Waals surface area contributed by atoms with Crippen LogP contribution in [0.2, 0.25) is 5.15 Å². The third kappa shape index (κ3) is 6.01. The summed E-state index contributed by atoms with van der Waals surface area (Å²) in [6.07, 6.45) is 1.81. The van der Waals surface area contributed by atoms with Crippen LogP contribution in [-0.2, 0) is 10.5 Å². The Morgan fingerprint density at radius 3 is 2.62 bits per heavy atom. The molecule has 1 N–H and O–H groups in total. The number of carbonyl (C=O) groups is 2. The molecule has 2 aromatic carbocycles. The van der Waals surface area contributed by atoms with E-state index in [2.05, 4.69) is 15.3 Å². The summed E-state index contributed by atoms with van der Waals surface area (Å²) >= 11 is 7.58. The highest BCUT2D eigenvalue weighted by molar-refractivity contribution is 7.98. The van der Waals surface area contributed by atoms with Crippen LogP contribution >= 0.6 is 23.4 Å². The molecule has 5 nitrogen and oxygen atoms in total. The molecule has 146 valence electrons. The highest BCUT2D eigenvalue weighted by Crippen LogP contribution is 2.23. The summed E-state index contributed by atoms with van der Waals surface area (Å²) in [6.45, 7) is 1.77. The Balaban J connectivity index is 1.72. The number of aromatic nitrogens is 2. The van der Waals surface area contributed by atoms with E-state index in [0.29, 0.717) is 17.5 Å². The fourth-order valence-corrected chi connectivity index (χ4v) is 3.64. The van der Waals surface area contributed by atoms with Gasteiger partial charge in [0.05, 0.1) is 5.57 Å². The van der Waals surface area contributed by atoms with Gasteiger partial charge in [-0.05, 0) is 36.8 Å². The Morgan fingerprint density at radius 2 is 1.90 bits per heavy atom. The first-order valence-electron chi connectivity index (χ1n) is 8.80. The van der Waals surface area contributed by atoms with Gasteiger partial charge in [-0.15, -0.1) is 11.8 Å². The van der Waals surface area contributed by atoms with E-state index in [1.165, 1.54) is 6.20 Å². The van der Waals surface area contributed by atoms with Crippen LogP contribution in [0.5, 0.6) is 0 Å². The average Bonchev–Trinajstić information content (AvgIpc) is 2.73. The summed E-state index contributed by atoms with van der Waals surface area (Å²) in [4.78, 5) is 33.5. The van der Waals surface area contributed by atoms with Crippen molar-refractivity contribution in [2.45, 2.75) is 17.6 Å². The van der Waals surface area contributed by atoms with Crippen LogP contribution in [0.1, 0.15) is 21.6 Å². The summed E-state index contributed by atoms with van der Waals surface area (Å²) < 4.78 is 0. The lowest BCUT2D eigenvalue weighted by atomic mass is 10.0. The number of anilines is 1. The quantitative estimate of drug-likeness (QED) is 0.103. The summed E-state index contributed by atoms with van der Waals surface area (Å²) in [5.41, 5.74) is 2.08. The minimum absolute atomic E-state index is 0.0286. The van der Waals surface area contributed by atoms with Crippen molar-refractivity contribution in [2.24, 2.45) is 0 Å². The van der Waals surface area contributed by atoms with Gasteiger partial charge in [0.15, 0.2) is 12.1 Å². The number of allylic oxidation sites excluding steroid dienone is 1. The Hall–Kier alpha value is -2.96. The molecule has 0 radical (unpaired) electrons. The van der Waals surface area contributed by atoms with Crippen molar-refractivity contribution >= 4 is 41.4 Å². The van der Waals surface area contributed by atoms with Gasteiger partial charge in [0.25, 0.3) is 0 Å². The van der Waals surface area contributed by atoms with E-state index in [1.54, 1.807) is 36.9 Å². The summed E-state index contributed by atoms with van der Waals surface area (Å²) in [5.74, 6) is 0.562. The summed E-state index contributed by atoms with van der Waals surface area (Å²) in [5, 5.41) is 3.04. The Morgan fingerprint density at radius 1 is 1.10 bits per heavy atom. The first kappa shape index (κ1) is 20.8. The number of nitrogens with one attached hydrogen (secondary N) is 1. The van der Waals surface area contributed by atoms with Crippen LogP contribution in [0.3, 0.4) is 0 Å². The number of ketones is 1. The zero-order valence-corrected chi connectivity index (χ0v) is 17.2. The minimum Gasteiger partial charge on any atom is -0.330 e. The fraction of sp³-hybridized carbons (Fsp3) is 0.0909. The highest BCUT2D eigenvalue weighted by atomic mass is 35.5. The Kier molecular flexibility index (Phi) is 7.16. The Bertz CT molecular complexity index is 1030. The molecule has 7 heteroatoms. The summed E-state index contributed by atoms with van der Waals surface area (Å²) in [7, 11) is 0. The number of aryl methyl sites for hydroxylation is 1. The average molecular weight is 424 g/mol. The number of halogens is 1. The second-order valence-electron chi connectivity index (χ2n) is 6.15. The van der Waals surface area contributed by atoms with Crippen LogP contribution in [0.25, 0.3) is 0 Å². The second-order valence-corrected chi connectivity index (χ2v) is 7.58. The van der Waals surface area contributed by atoms with Crippen molar-refractivity contribution in [2.75, 3.05) is 5.32 Å². The molecule has 0 aliphatic heterocycles. The van der Waals surface area contributed by atoms with E-state index in [-0.39, 0.29) is 22.5 Å². The topological polar surface area (TPSA) is 72.0 Å². The maximum Gasteiger partial charge on any atom is 0.228 e. The number of Topliss-reactive ketones (excluding diaryl/α,β-unsaturated/α-hetero) is 1. The number of hydrogen-bond donors (Lipinski definition) is 1. The molecule has 0 saturated heterocycles. The molecule has 1 heterocycles. The van der Waals surface area contributed by atoms with Gasteiger partial charge >= 0.3 is 0 Å². The fourth-order valence-electron chi connectivity index (χ4n) is 2.54. The lowest BCUT2D eigenvalue weighted by Crippen LogP contribution is -2.08. The molecular formula is C22H18ClN3O2S. The molecule has 0 spiro atoms. The molecule has 0 amide bonds. The van der Waals surface area contributed by atoms with Gasteiger partial charge in [-0.1, -0.05) is 48.0 Å². The molecule has 3 rings (SSSR count). The van der Waals surface area contributed by atoms with Crippen LogP contribution in [0.4, 0.5) is 5.95 Å². The van der Waals surface area contributed by atoms with Crippen molar-refractivity contribution in [1.29, 1.82) is 0 Å².